The fraction of sp³-hybridized carbons (Fsp3) is 0.250. The summed E-state index contributed by atoms with van der Waals surface area (Å²) < 4.78 is 14.0. The summed E-state index contributed by atoms with van der Waals surface area (Å²) in [7, 11) is 1.96. The molecule has 0 saturated carbocycles. The summed E-state index contributed by atoms with van der Waals surface area (Å²) in [6.07, 6.45) is 6.06. The molecule has 0 fully saturated rings. The molecule has 0 aliphatic rings. The second kappa shape index (κ2) is 5.63. The third kappa shape index (κ3) is 2.47. The van der Waals surface area contributed by atoms with Gasteiger partial charge in [-0.15, -0.1) is 0 Å². The summed E-state index contributed by atoms with van der Waals surface area (Å²) >= 11 is 0. The molecule has 0 aliphatic carbocycles. The van der Waals surface area contributed by atoms with Crippen LogP contribution in [0.5, 0.6) is 0 Å². The van der Waals surface area contributed by atoms with Crippen LogP contribution in [-0.4, -0.2) is 33.0 Å². The van der Waals surface area contributed by atoms with Crippen LogP contribution in [0.2, 0.25) is 0 Å². The van der Waals surface area contributed by atoms with Crippen LogP contribution in [0, 0.1) is 5.82 Å². The number of nitrogens with zero attached hydrogens (tertiary/aromatic N) is 5. The largest absolute Gasteiger partial charge is 0.357 e. The third-order valence-corrected chi connectivity index (χ3v) is 3.60. The summed E-state index contributed by atoms with van der Waals surface area (Å²) in [5.41, 5.74) is 1.02. The predicted molar refractivity (Wildman–Crippen MR) is 84.1 cm³/mol. The van der Waals surface area contributed by atoms with Crippen molar-refractivity contribution in [3.8, 4) is 11.4 Å². The molecule has 0 spiro atoms. The fourth-order valence-corrected chi connectivity index (χ4v) is 2.15. The van der Waals surface area contributed by atoms with Gasteiger partial charge in [-0.1, -0.05) is 0 Å². The zero-order valence-electron chi connectivity index (χ0n) is 12.7. The summed E-state index contributed by atoms with van der Waals surface area (Å²) in [5, 5.41) is 0.893. The lowest BCUT2D eigenvalue weighted by Crippen LogP contribution is -2.27. The highest BCUT2D eigenvalue weighted by Gasteiger charge is 2.16. The maximum atomic E-state index is 14.0. The summed E-state index contributed by atoms with van der Waals surface area (Å²) in [6.45, 7) is 4.14. The van der Waals surface area contributed by atoms with Gasteiger partial charge in [-0.05, 0) is 26.0 Å². The minimum Gasteiger partial charge on any atom is -0.357 e. The molecule has 0 unspecified atom stereocenters. The lowest BCUT2D eigenvalue weighted by atomic mass is 10.2. The molecule has 0 atom stereocenters. The van der Waals surface area contributed by atoms with Crippen LogP contribution in [0.4, 0.5) is 10.2 Å². The summed E-state index contributed by atoms with van der Waals surface area (Å²) in [6, 6.07) is 3.70. The van der Waals surface area contributed by atoms with E-state index in [2.05, 4.69) is 33.8 Å². The van der Waals surface area contributed by atoms with Gasteiger partial charge >= 0.3 is 0 Å². The molecule has 0 bridgehead atoms. The quantitative estimate of drug-likeness (QED) is 0.743. The number of anilines is 1. The van der Waals surface area contributed by atoms with E-state index in [1.165, 1.54) is 6.20 Å². The van der Waals surface area contributed by atoms with Gasteiger partial charge in [-0.2, -0.15) is 0 Å². The van der Waals surface area contributed by atoms with Gasteiger partial charge in [-0.25, -0.2) is 14.4 Å². The van der Waals surface area contributed by atoms with Gasteiger partial charge in [-0.3, -0.25) is 9.97 Å². The van der Waals surface area contributed by atoms with Gasteiger partial charge in [0.2, 0.25) is 0 Å². The van der Waals surface area contributed by atoms with Crippen LogP contribution in [-0.2, 0) is 0 Å². The Bertz CT molecular complexity index is 818. The molecule has 3 rings (SSSR count). The van der Waals surface area contributed by atoms with E-state index in [0.717, 1.165) is 17.4 Å². The Morgan fingerprint density at radius 2 is 1.77 bits per heavy atom. The third-order valence-electron chi connectivity index (χ3n) is 3.60. The molecule has 3 aromatic heterocycles. The molecule has 22 heavy (non-hydrogen) atoms. The lowest BCUT2D eigenvalue weighted by Gasteiger charge is -2.24. The molecule has 0 amide bonds. The number of pyridine rings is 2. The van der Waals surface area contributed by atoms with Crippen molar-refractivity contribution in [2.75, 3.05) is 11.9 Å². The molecule has 0 aromatic carbocycles. The number of halogens is 1. The predicted octanol–water partition coefficient (Wildman–Crippen LogP) is 3.07. The molecule has 0 saturated heterocycles. The summed E-state index contributed by atoms with van der Waals surface area (Å²) in [5.74, 6) is 0.653. The Morgan fingerprint density at radius 3 is 2.50 bits per heavy atom. The van der Waals surface area contributed by atoms with Crippen molar-refractivity contribution in [1.82, 2.24) is 19.9 Å². The van der Waals surface area contributed by atoms with Gasteiger partial charge in [0.25, 0.3) is 0 Å². The van der Waals surface area contributed by atoms with Gasteiger partial charge in [0.1, 0.15) is 5.82 Å². The molecule has 0 aliphatic heterocycles. The van der Waals surface area contributed by atoms with Crippen LogP contribution >= 0.6 is 0 Å². The van der Waals surface area contributed by atoms with E-state index >= 15 is 0 Å². The van der Waals surface area contributed by atoms with Crippen molar-refractivity contribution in [3.63, 3.8) is 0 Å². The minimum atomic E-state index is -0.441. The van der Waals surface area contributed by atoms with Crippen molar-refractivity contribution in [1.29, 1.82) is 0 Å². The van der Waals surface area contributed by atoms with Crippen LogP contribution in [0.15, 0.2) is 36.9 Å². The number of rotatable bonds is 3. The molecule has 0 N–H and O–H groups in total. The highest BCUT2D eigenvalue weighted by Crippen LogP contribution is 2.28. The van der Waals surface area contributed by atoms with Gasteiger partial charge in [0.05, 0.1) is 23.5 Å². The van der Waals surface area contributed by atoms with E-state index in [1.807, 2.05) is 18.0 Å². The topological polar surface area (TPSA) is 54.8 Å². The van der Waals surface area contributed by atoms with E-state index in [0.29, 0.717) is 16.9 Å². The maximum absolute atomic E-state index is 14.0. The van der Waals surface area contributed by atoms with Crippen molar-refractivity contribution >= 4 is 16.7 Å². The Kier molecular flexibility index (Phi) is 3.66. The number of hydrogen-bond acceptors (Lipinski definition) is 5. The highest BCUT2D eigenvalue weighted by atomic mass is 19.1. The Balaban J connectivity index is 2.28. The van der Waals surface area contributed by atoms with Crippen molar-refractivity contribution in [2.45, 2.75) is 19.9 Å². The second-order valence-electron chi connectivity index (χ2n) is 5.32. The first-order chi connectivity index (χ1) is 10.6. The highest BCUT2D eigenvalue weighted by molar-refractivity contribution is 5.90. The zero-order valence-corrected chi connectivity index (χ0v) is 12.7. The van der Waals surface area contributed by atoms with Crippen molar-refractivity contribution in [3.05, 3.63) is 42.7 Å². The minimum absolute atomic E-state index is 0.251. The molecular formula is C16H16FN5. The number of fused-ring (bicyclic) bond motifs is 1. The van der Waals surface area contributed by atoms with Crippen LogP contribution < -0.4 is 4.90 Å². The first-order valence-electron chi connectivity index (χ1n) is 7.02. The van der Waals surface area contributed by atoms with Crippen LogP contribution in [0.3, 0.4) is 0 Å². The van der Waals surface area contributed by atoms with Crippen LogP contribution in [0.25, 0.3) is 22.3 Å². The van der Waals surface area contributed by atoms with E-state index in [4.69, 9.17) is 0 Å². The maximum Gasteiger partial charge on any atom is 0.165 e. The smallest absolute Gasteiger partial charge is 0.165 e. The van der Waals surface area contributed by atoms with Gasteiger partial charge in [0, 0.05) is 30.9 Å². The van der Waals surface area contributed by atoms with Crippen molar-refractivity contribution in [2.24, 2.45) is 0 Å². The van der Waals surface area contributed by atoms with E-state index in [9.17, 15) is 4.39 Å². The fourth-order valence-electron chi connectivity index (χ4n) is 2.15. The first kappa shape index (κ1) is 14.3. The summed E-state index contributed by atoms with van der Waals surface area (Å²) in [4.78, 5) is 18.9. The van der Waals surface area contributed by atoms with Crippen molar-refractivity contribution < 1.29 is 4.39 Å². The molecule has 0 radical (unpaired) electrons. The average Bonchev–Trinajstić information content (AvgIpc) is 2.53. The molecule has 5 nitrogen and oxygen atoms in total. The SMILES string of the molecule is CC(C)N(C)c1nc(-c2ccncc2F)nc2cnccc12. The number of aromatic nitrogens is 4. The monoisotopic (exact) mass is 297 g/mol. The molecular weight excluding hydrogens is 281 g/mol. The van der Waals surface area contributed by atoms with E-state index < -0.39 is 5.82 Å². The van der Waals surface area contributed by atoms with E-state index in [1.54, 1.807) is 18.5 Å². The standard InChI is InChI=1S/C16H16FN5/c1-10(2)22(3)16-12-5-7-19-9-14(12)20-15(21-16)11-4-6-18-8-13(11)17/h4-10H,1-3H3. The molecule has 3 heterocycles. The van der Waals surface area contributed by atoms with Gasteiger partial charge < -0.3 is 4.90 Å². The van der Waals surface area contributed by atoms with Crippen LogP contribution in [0.1, 0.15) is 13.8 Å². The lowest BCUT2D eigenvalue weighted by molar-refractivity contribution is 0.623. The molecule has 3 aromatic rings. The average molecular weight is 297 g/mol. The Labute approximate surface area is 127 Å². The second-order valence-corrected chi connectivity index (χ2v) is 5.32. The first-order valence-corrected chi connectivity index (χ1v) is 7.02. The number of hydrogen-bond donors (Lipinski definition) is 0. The molecule has 112 valence electrons. The normalized spacial score (nSPS) is 11.1. The Morgan fingerprint density at radius 1 is 1.05 bits per heavy atom. The molecule has 6 heteroatoms. The Hall–Kier alpha value is -2.63. The van der Waals surface area contributed by atoms with Gasteiger partial charge in [0.15, 0.2) is 11.6 Å². The van der Waals surface area contributed by atoms with E-state index in [-0.39, 0.29) is 6.04 Å². The zero-order chi connectivity index (χ0) is 15.7.